The van der Waals surface area contributed by atoms with Gasteiger partial charge in [0.25, 0.3) is 0 Å². The maximum Gasteiger partial charge on any atom is 0.241 e. The third-order valence-electron chi connectivity index (χ3n) is 7.28. The lowest BCUT2D eigenvalue weighted by atomic mass is 9.67. The molecule has 0 unspecified atom stereocenters. The first kappa shape index (κ1) is 24.1. The van der Waals surface area contributed by atoms with E-state index in [-0.39, 0.29) is 5.78 Å². The molecule has 5 rings (SSSR count). The van der Waals surface area contributed by atoms with Crippen molar-refractivity contribution < 1.29 is 23.5 Å². The van der Waals surface area contributed by atoms with Gasteiger partial charge in [-0.2, -0.15) is 5.26 Å². The monoisotopic (exact) mass is 497 g/mol. The molecule has 0 spiro atoms. The van der Waals surface area contributed by atoms with E-state index in [4.69, 9.17) is 15.2 Å². The number of nitrogens with zero attached hydrogens (tertiary/aromatic N) is 2. The quantitative estimate of drug-likeness (QED) is 0.515. The summed E-state index contributed by atoms with van der Waals surface area (Å²) in [4.78, 5) is 29.2. The molecule has 1 saturated heterocycles. The third kappa shape index (κ3) is 3.54. The average molecular weight is 498 g/mol. The number of benzene rings is 3. The predicted octanol–water partition coefficient (Wildman–Crippen LogP) is 4.09. The van der Waals surface area contributed by atoms with E-state index in [2.05, 4.69) is 6.07 Å². The number of carbonyl (C=O) groups excluding carboxylic acids is 2. The normalized spacial score (nSPS) is 23.5. The summed E-state index contributed by atoms with van der Waals surface area (Å²) in [6.07, 6.45) is 3.32. The van der Waals surface area contributed by atoms with Crippen molar-refractivity contribution in [3.05, 3.63) is 95.3 Å². The molecule has 0 radical (unpaired) electrons. The van der Waals surface area contributed by atoms with Crippen molar-refractivity contribution in [2.45, 2.75) is 18.0 Å². The fourth-order valence-electron chi connectivity index (χ4n) is 5.65. The number of hydrogen-bond donors (Lipinski definition) is 1. The zero-order chi connectivity index (χ0) is 26.3. The van der Waals surface area contributed by atoms with Crippen molar-refractivity contribution in [1.82, 2.24) is 0 Å². The summed E-state index contributed by atoms with van der Waals surface area (Å²) in [7, 11) is 2.98. The Morgan fingerprint density at radius 3 is 2.41 bits per heavy atom. The molecule has 8 heteroatoms. The largest absolute Gasteiger partial charge is 0.493 e. The molecule has 2 aliphatic rings. The molecule has 0 aromatic heterocycles. The minimum Gasteiger partial charge on any atom is -0.493 e. The highest BCUT2D eigenvalue weighted by molar-refractivity contribution is 6.06. The van der Waals surface area contributed by atoms with E-state index < -0.39 is 35.1 Å². The van der Waals surface area contributed by atoms with Gasteiger partial charge in [-0.3, -0.25) is 9.59 Å². The Hall–Kier alpha value is -4.64. The Morgan fingerprint density at radius 1 is 1.03 bits per heavy atom. The summed E-state index contributed by atoms with van der Waals surface area (Å²) < 4.78 is 25.0. The number of halogens is 1. The molecule has 2 N–H and O–H groups in total. The molecule has 37 heavy (non-hydrogen) atoms. The third-order valence-corrected chi connectivity index (χ3v) is 7.28. The molecule has 1 amide bonds. The number of fused-ring (bicyclic) bond motifs is 3. The number of primary amides is 1. The average Bonchev–Trinajstić information content (AvgIpc) is 3.24. The predicted molar refractivity (Wildman–Crippen MR) is 136 cm³/mol. The van der Waals surface area contributed by atoms with E-state index in [1.54, 1.807) is 71.6 Å². The van der Waals surface area contributed by atoms with Gasteiger partial charge in [0.1, 0.15) is 11.9 Å². The molecule has 3 aromatic carbocycles. The van der Waals surface area contributed by atoms with E-state index in [0.29, 0.717) is 33.9 Å². The second-order valence-electron chi connectivity index (χ2n) is 9.03. The van der Waals surface area contributed by atoms with Gasteiger partial charge < -0.3 is 20.1 Å². The minimum atomic E-state index is -1.82. The number of hydrogen-bond acceptors (Lipinski definition) is 6. The number of rotatable bonds is 6. The molecular weight excluding hydrogens is 473 g/mol. The maximum atomic E-state index is 14.2. The first-order valence-electron chi connectivity index (χ1n) is 11.7. The highest BCUT2D eigenvalue weighted by Crippen LogP contribution is 2.56. The molecule has 2 aliphatic heterocycles. The number of ketones is 1. The number of methoxy groups -OCH3 is 2. The van der Waals surface area contributed by atoms with E-state index in [9.17, 15) is 19.2 Å². The highest BCUT2D eigenvalue weighted by atomic mass is 19.1. The first-order chi connectivity index (χ1) is 17.9. The van der Waals surface area contributed by atoms with Gasteiger partial charge >= 0.3 is 0 Å². The van der Waals surface area contributed by atoms with E-state index in [1.807, 2.05) is 0 Å². The van der Waals surface area contributed by atoms with Gasteiger partial charge in [-0.25, -0.2) is 4.39 Å². The number of nitrogens with two attached hydrogens (primary N) is 1. The van der Waals surface area contributed by atoms with E-state index in [1.165, 1.54) is 26.4 Å². The van der Waals surface area contributed by atoms with Crippen LogP contribution in [0.3, 0.4) is 0 Å². The molecule has 2 heterocycles. The van der Waals surface area contributed by atoms with Crippen molar-refractivity contribution in [1.29, 1.82) is 5.26 Å². The lowest BCUT2D eigenvalue weighted by molar-refractivity contribution is -0.125. The molecule has 0 bridgehead atoms. The van der Waals surface area contributed by atoms with Crippen LogP contribution in [0, 0.1) is 22.6 Å². The molecule has 186 valence electrons. The molecule has 7 nitrogen and oxygen atoms in total. The summed E-state index contributed by atoms with van der Waals surface area (Å²) in [6, 6.07) is 18.2. The van der Waals surface area contributed by atoms with Crippen molar-refractivity contribution in [2.24, 2.45) is 11.1 Å². The van der Waals surface area contributed by atoms with Gasteiger partial charge in [0, 0.05) is 22.7 Å². The van der Waals surface area contributed by atoms with Crippen LogP contribution in [0.4, 0.5) is 10.1 Å². The van der Waals surface area contributed by atoms with Gasteiger partial charge in [0.05, 0.1) is 26.3 Å². The number of carbonyl (C=O) groups is 2. The van der Waals surface area contributed by atoms with Gasteiger partial charge in [-0.05, 0) is 35.9 Å². The van der Waals surface area contributed by atoms with Crippen LogP contribution < -0.4 is 20.1 Å². The van der Waals surface area contributed by atoms with Gasteiger partial charge in [0.15, 0.2) is 22.7 Å². The fraction of sp³-hybridized carbons (Fsp3) is 0.207. The lowest BCUT2D eigenvalue weighted by Gasteiger charge is -2.36. The zero-order valence-corrected chi connectivity index (χ0v) is 20.2. The van der Waals surface area contributed by atoms with Crippen molar-refractivity contribution in [2.75, 3.05) is 19.1 Å². The second kappa shape index (κ2) is 9.10. The SMILES string of the molecule is COc1ccc([C@@H]2[C@@H](C(=O)c3ccccc3)N3c4ccc(F)cc4C=C[C@@H]3[C@@]2(C#N)C(N)=O)cc1OC. The summed E-state index contributed by atoms with van der Waals surface area (Å²) in [6.45, 7) is 0. The Labute approximate surface area is 213 Å². The molecule has 4 atom stereocenters. The number of ether oxygens (including phenoxy) is 2. The smallest absolute Gasteiger partial charge is 0.241 e. The van der Waals surface area contributed by atoms with Gasteiger partial charge in [-0.1, -0.05) is 48.6 Å². The Bertz CT molecular complexity index is 1470. The van der Waals surface area contributed by atoms with Crippen LogP contribution in [-0.2, 0) is 4.79 Å². The molecular formula is C29H24FN3O4. The van der Waals surface area contributed by atoms with E-state index >= 15 is 0 Å². The van der Waals surface area contributed by atoms with Crippen LogP contribution in [0.2, 0.25) is 0 Å². The number of anilines is 1. The standard InChI is InChI=1S/C29H24FN3O4/c1-36-22-12-8-19(15-23(22)37-2)25-26(27(34)17-6-4-3-5-7-17)33-21-11-10-20(30)14-18(21)9-13-24(33)29(25,16-31)28(32)35/h3-15,24-26H,1-2H3,(H2,32,35)/t24-,25-,26+,29-/m1/s1. The molecule has 1 fully saturated rings. The molecule has 3 aromatic rings. The minimum absolute atomic E-state index is 0.297. The molecule has 0 saturated carbocycles. The summed E-state index contributed by atoms with van der Waals surface area (Å²) in [5.41, 5.74) is 6.17. The Morgan fingerprint density at radius 2 is 1.76 bits per heavy atom. The van der Waals surface area contributed by atoms with Crippen molar-refractivity contribution >= 4 is 23.5 Å². The molecule has 0 aliphatic carbocycles. The van der Waals surface area contributed by atoms with Crippen LogP contribution in [-0.4, -0.2) is 38.0 Å². The van der Waals surface area contributed by atoms with Crippen molar-refractivity contribution in [3.63, 3.8) is 0 Å². The summed E-state index contributed by atoms with van der Waals surface area (Å²) >= 11 is 0. The van der Waals surface area contributed by atoms with Crippen LogP contribution in [0.1, 0.15) is 27.4 Å². The number of Topliss-reactive ketones (excluding diaryl/α,β-unsaturated/α-hetero) is 1. The lowest BCUT2D eigenvalue weighted by Crippen LogP contribution is -2.49. The fourth-order valence-corrected chi connectivity index (χ4v) is 5.65. The van der Waals surface area contributed by atoms with Crippen LogP contribution in [0.15, 0.2) is 72.8 Å². The summed E-state index contributed by atoms with van der Waals surface area (Å²) in [5, 5.41) is 10.6. The summed E-state index contributed by atoms with van der Waals surface area (Å²) in [5.74, 6) is -1.74. The van der Waals surface area contributed by atoms with Crippen LogP contribution >= 0.6 is 0 Å². The second-order valence-corrected chi connectivity index (χ2v) is 9.03. The number of amides is 1. The Kier molecular flexibility index (Phi) is 5.92. The number of nitriles is 1. The topological polar surface area (TPSA) is 106 Å². The van der Waals surface area contributed by atoms with Crippen LogP contribution in [0.5, 0.6) is 11.5 Å². The highest BCUT2D eigenvalue weighted by Gasteiger charge is 2.65. The van der Waals surface area contributed by atoms with Crippen LogP contribution in [0.25, 0.3) is 6.08 Å². The van der Waals surface area contributed by atoms with Gasteiger partial charge in [-0.15, -0.1) is 0 Å². The zero-order valence-electron chi connectivity index (χ0n) is 20.2. The maximum absolute atomic E-state index is 14.2. The van der Waals surface area contributed by atoms with Crippen molar-refractivity contribution in [3.8, 4) is 17.6 Å². The first-order valence-corrected chi connectivity index (χ1v) is 11.7. The van der Waals surface area contributed by atoms with Gasteiger partial charge in [0.2, 0.25) is 5.91 Å². The van der Waals surface area contributed by atoms with E-state index in [0.717, 1.165) is 0 Å². The Balaban J connectivity index is 1.82.